The first-order chi connectivity index (χ1) is 9.82. The molecule has 21 heavy (non-hydrogen) atoms. The second-order valence-electron chi connectivity index (χ2n) is 5.79. The molecule has 2 heterocycles. The monoisotopic (exact) mass is 294 g/mol. The number of rotatable bonds is 4. The lowest BCUT2D eigenvalue weighted by molar-refractivity contribution is -0.141. The van der Waals surface area contributed by atoms with Crippen LogP contribution in [-0.4, -0.2) is 33.3 Å². The summed E-state index contributed by atoms with van der Waals surface area (Å²) in [5.41, 5.74) is 2.00. The Hall–Kier alpha value is -1.69. The van der Waals surface area contributed by atoms with Crippen molar-refractivity contribution in [2.45, 2.75) is 52.7 Å². The summed E-state index contributed by atoms with van der Waals surface area (Å²) >= 11 is 0. The average molecular weight is 294 g/mol. The molecular weight excluding hydrogens is 272 g/mol. The molecule has 1 aromatic heterocycles. The predicted octanol–water partition coefficient (Wildman–Crippen LogP) is 1.47. The average Bonchev–Trinajstić information content (AvgIpc) is 2.80. The molecule has 0 spiro atoms. The van der Waals surface area contributed by atoms with Crippen molar-refractivity contribution in [2.75, 3.05) is 6.61 Å². The molecule has 1 aliphatic heterocycles. The van der Waals surface area contributed by atoms with E-state index in [9.17, 15) is 9.59 Å². The van der Waals surface area contributed by atoms with Crippen LogP contribution in [0.25, 0.3) is 0 Å². The van der Waals surface area contributed by atoms with E-state index in [2.05, 4.69) is 4.98 Å². The van der Waals surface area contributed by atoms with Crippen molar-refractivity contribution in [3.05, 3.63) is 27.4 Å². The number of nitrogens with zero attached hydrogens (tertiary/aromatic N) is 2. The molecule has 1 N–H and O–H groups in total. The standard InChI is InChI=1S/C15H22N2O4/c1-8(14(18)19)7-12-9(2)16-15(20)17(10(12)3)13-5-6-21-11(13)4/h8,11,13H,5-7H2,1-4H3,(H,18,19). The highest BCUT2D eigenvalue weighted by atomic mass is 16.5. The molecule has 6 heteroatoms. The molecule has 1 aromatic rings. The number of carboxylic acid groups (broad SMARTS) is 1. The van der Waals surface area contributed by atoms with E-state index in [4.69, 9.17) is 9.84 Å². The fraction of sp³-hybridized carbons (Fsp3) is 0.667. The van der Waals surface area contributed by atoms with Gasteiger partial charge >= 0.3 is 11.7 Å². The Kier molecular flexibility index (Phi) is 4.46. The first-order valence-electron chi connectivity index (χ1n) is 7.26. The van der Waals surface area contributed by atoms with Crippen LogP contribution >= 0.6 is 0 Å². The molecule has 0 saturated carbocycles. The van der Waals surface area contributed by atoms with Gasteiger partial charge in [-0.2, -0.15) is 4.98 Å². The summed E-state index contributed by atoms with van der Waals surface area (Å²) in [7, 11) is 0. The lowest BCUT2D eigenvalue weighted by Gasteiger charge is -2.23. The molecule has 2 rings (SSSR count). The highest BCUT2D eigenvalue weighted by molar-refractivity contribution is 5.70. The third-order valence-electron chi connectivity index (χ3n) is 4.30. The van der Waals surface area contributed by atoms with Gasteiger partial charge in [0.05, 0.1) is 18.1 Å². The van der Waals surface area contributed by atoms with E-state index in [0.717, 1.165) is 17.7 Å². The number of aromatic nitrogens is 2. The number of ether oxygens (including phenoxy) is 1. The van der Waals surface area contributed by atoms with Crippen LogP contribution in [0.4, 0.5) is 0 Å². The zero-order valence-electron chi connectivity index (χ0n) is 12.9. The zero-order valence-corrected chi connectivity index (χ0v) is 12.9. The third kappa shape index (κ3) is 3.00. The molecule has 1 saturated heterocycles. The van der Waals surface area contributed by atoms with E-state index < -0.39 is 11.9 Å². The number of aryl methyl sites for hydroxylation is 1. The summed E-state index contributed by atoms with van der Waals surface area (Å²) in [6.07, 6.45) is 1.12. The fourth-order valence-corrected chi connectivity index (χ4v) is 2.95. The largest absolute Gasteiger partial charge is 0.481 e. The smallest absolute Gasteiger partial charge is 0.348 e. The topological polar surface area (TPSA) is 81.4 Å². The number of carboxylic acids is 1. The minimum atomic E-state index is -0.843. The van der Waals surface area contributed by atoms with Crippen LogP contribution in [0.5, 0.6) is 0 Å². The molecule has 0 radical (unpaired) electrons. The number of hydrogen-bond donors (Lipinski definition) is 1. The van der Waals surface area contributed by atoms with Gasteiger partial charge in [0.2, 0.25) is 0 Å². The Bertz CT molecular complexity index is 608. The van der Waals surface area contributed by atoms with Crippen LogP contribution in [0, 0.1) is 19.8 Å². The zero-order chi connectivity index (χ0) is 15.7. The summed E-state index contributed by atoms with van der Waals surface area (Å²) < 4.78 is 7.21. The van der Waals surface area contributed by atoms with Gasteiger partial charge in [-0.15, -0.1) is 0 Å². The lowest BCUT2D eigenvalue weighted by Crippen LogP contribution is -2.34. The molecular formula is C15H22N2O4. The van der Waals surface area contributed by atoms with Crippen molar-refractivity contribution in [3.8, 4) is 0 Å². The van der Waals surface area contributed by atoms with E-state index in [-0.39, 0.29) is 17.8 Å². The normalized spacial score (nSPS) is 23.2. The maximum atomic E-state index is 12.2. The molecule has 0 aromatic carbocycles. The minimum Gasteiger partial charge on any atom is -0.481 e. The maximum absolute atomic E-state index is 12.2. The van der Waals surface area contributed by atoms with E-state index in [1.165, 1.54) is 0 Å². The van der Waals surface area contributed by atoms with Gasteiger partial charge in [0.25, 0.3) is 0 Å². The summed E-state index contributed by atoms with van der Waals surface area (Å²) in [6.45, 7) is 7.87. The Balaban J connectivity index is 2.47. The highest BCUT2D eigenvalue weighted by Crippen LogP contribution is 2.27. The lowest BCUT2D eigenvalue weighted by atomic mass is 9.98. The summed E-state index contributed by atoms with van der Waals surface area (Å²) in [4.78, 5) is 27.4. The van der Waals surface area contributed by atoms with E-state index >= 15 is 0 Å². The molecule has 1 fully saturated rings. The summed E-state index contributed by atoms with van der Waals surface area (Å²) in [6, 6.07) is -0.0236. The van der Waals surface area contributed by atoms with Crippen molar-refractivity contribution in [2.24, 2.45) is 5.92 Å². The maximum Gasteiger partial charge on any atom is 0.348 e. The van der Waals surface area contributed by atoms with Crippen molar-refractivity contribution in [1.29, 1.82) is 0 Å². The molecule has 0 bridgehead atoms. The van der Waals surface area contributed by atoms with Gasteiger partial charge in [-0.1, -0.05) is 6.92 Å². The third-order valence-corrected chi connectivity index (χ3v) is 4.30. The minimum absolute atomic E-state index is 0.0236. The second kappa shape index (κ2) is 5.97. The molecule has 3 atom stereocenters. The summed E-state index contributed by atoms with van der Waals surface area (Å²) in [5, 5.41) is 9.09. The Morgan fingerprint density at radius 3 is 2.71 bits per heavy atom. The van der Waals surface area contributed by atoms with Crippen LogP contribution in [0.2, 0.25) is 0 Å². The molecule has 3 unspecified atom stereocenters. The SMILES string of the molecule is Cc1nc(=O)n(C2CCOC2C)c(C)c1CC(C)C(=O)O. The quantitative estimate of drug-likeness (QED) is 0.909. The van der Waals surface area contributed by atoms with Crippen molar-refractivity contribution >= 4 is 5.97 Å². The summed E-state index contributed by atoms with van der Waals surface area (Å²) in [5.74, 6) is -1.35. The van der Waals surface area contributed by atoms with Gasteiger partial charge in [-0.3, -0.25) is 9.36 Å². The molecule has 0 amide bonds. The van der Waals surface area contributed by atoms with Crippen LogP contribution in [0.1, 0.15) is 43.3 Å². The number of hydrogen-bond acceptors (Lipinski definition) is 4. The first-order valence-corrected chi connectivity index (χ1v) is 7.26. The van der Waals surface area contributed by atoms with Gasteiger partial charge in [0, 0.05) is 18.0 Å². The molecule has 116 valence electrons. The van der Waals surface area contributed by atoms with Gasteiger partial charge in [-0.25, -0.2) is 4.79 Å². The van der Waals surface area contributed by atoms with Crippen LogP contribution in [-0.2, 0) is 16.0 Å². The Morgan fingerprint density at radius 1 is 1.52 bits per heavy atom. The number of aliphatic carboxylic acids is 1. The van der Waals surface area contributed by atoms with Gasteiger partial charge in [-0.05, 0) is 39.2 Å². The molecule has 6 nitrogen and oxygen atoms in total. The molecule has 0 aliphatic carbocycles. The second-order valence-corrected chi connectivity index (χ2v) is 5.79. The van der Waals surface area contributed by atoms with Crippen LogP contribution in [0.15, 0.2) is 4.79 Å². The first kappa shape index (κ1) is 15.7. The highest BCUT2D eigenvalue weighted by Gasteiger charge is 2.29. The van der Waals surface area contributed by atoms with Gasteiger partial charge in [0.1, 0.15) is 0 Å². The van der Waals surface area contributed by atoms with Gasteiger partial charge in [0.15, 0.2) is 0 Å². The van der Waals surface area contributed by atoms with E-state index in [0.29, 0.717) is 18.7 Å². The fourth-order valence-electron chi connectivity index (χ4n) is 2.95. The van der Waals surface area contributed by atoms with Crippen molar-refractivity contribution in [1.82, 2.24) is 9.55 Å². The van der Waals surface area contributed by atoms with Gasteiger partial charge < -0.3 is 9.84 Å². The Labute approximate surface area is 123 Å². The van der Waals surface area contributed by atoms with E-state index in [1.807, 2.05) is 13.8 Å². The number of carbonyl (C=O) groups is 1. The Morgan fingerprint density at radius 2 is 2.19 bits per heavy atom. The van der Waals surface area contributed by atoms with E-state index in [1.54, 1.807) is 18.4 Å². The predicted molar refractivity (Wildman–Crippen MR) is 77.5 cm³/mol. The van der Waals surface area contributed by atoms with Crippen LogP contribution in [0.3, 0.4) is 0 Å². The van der Waals surface area contributed by atoms with Crippen molar-refractivity contribution < 1.29 is 14.6 Å². The van der Waals surface area contributed by atoms with Crippen LogP contribution < -0.4 is 5.69 Å². The molecule has 1 aliphatic rings. The van der Waals surface area contributed by atoms with Crippen molar-refractivity contribution in [3.63, 3.8) is 0 Å².